The van der Waals surface area contributed by atoms with Gasteiger partial charge in [-0.25, -0.2) is 0 Å². The number of nitrogens with zero attached hydrogens (tertiary/aromatic N) is 1. The van der Waals surface area contributed by atoms with Crippen molar-refractivity contribution in [1.29, 1.82) is 0 Å². The highest BCUT2D eigenvalue weighted by molar-refractivity contribution is 6.06. The van der Waals surface area contributed by atoms with Gasteiger partial charge in [0, 0.05) is 19.1 Å². The summed E-state index contributed by atoms with van der Waals surface area (Å²) in [5, 5.41) is 6.65. The minimum absolute atomic E-state index is 0.141. The highest BCUT2D eigenvalue weighted by Gasteiger charge is 2.46. The molecule has 2 fully saturated rings. The summed E-state index contributed by atoms with van der Waals surface area (Å²) in [6, 6.07) is 8.71. The molecule has 1 saturated carbocycles. The molecule has 1 aromatic carbocycles. The zero-order valence-electron chi connectivity index (χ0n) is 14.2. The SMILES string of the molecule is CC1(C)CCC(N2CCC3(CC2)Nc2ccccc2NC3=O)C1. The molecule has 2 heterocycles. The molecule has 1 aliphatic carbocycles. The second-order valence-corrected chi connectivity index (χ2v) is 8.30. The number of fused-ring (bicyclic) bond motifs is 1. The first-order chi connectivity index (χ1) is 11.0. The molecule has 4 heteroatoms. The first-order valence-electron chi connectivity index (χ1n) is 8.90. The van der Waals surface area contributed by atoms with Gasteiger partial charge in [-0.1, -0.05) is 26.0 Å². The summed E-state index contributed by atoms with van der Waals surface area (Å²) in [6.07, 6.45) is 5.71. The zero-order chi connectivity index (χ0) is 16.1. The lowest BCUT2D eigenvalue weighted by Gasteiger charge is -2.46. The Morgan fingerprint density at radius 3 is 2.43 bits per heavy atom. The number of nitrogens with one attached hydrogen (secondary N) is 2. The summed E-state index contributed by atoms with van der Waals surface area (Å²) in [5.41, 5.74) is 2.03. The Morgan fingerprint density at radius 1 is 1.09 bits per heavy atom. The molecule has 0 aromatic heterocycles. The molecule has 1 amide bonds. The molecule has 2 N–H and O–H groups in total. The van der Waals surface area contributed by atoms with Crippen molar-refractivity contribution in [2.45, 2.75) is 57.5 Å². The third-order valence-electron chi connectivity index (χ3n) is 6.09. The summed E-state index contributed by atoms with van der Waals surface area (Å²) in [7, 11) is 0. The second kappa shape index (κ2) is 5.23. The normalized spacial score (nSPS) is 29.0. The molecule has 1 spiro atoms. The van der Waals surface area contributed by atoms with Gasteiger partial charge >= 0.3 is 0 Å². The predicted molar refractivity (Wildman–Crippen MR) is 93.7 cm³/mol. The number of para-hydroxylation sites is 2. The van der Waals surface area contributed by atoms with Crippen molar-refractivity contribution in [2.75, 3.05) is 23.7 Å². The number of hydrogen-bond donors (Lipinski definition) is 2. The standard InChI is InChI=1S/C19H27N3O/c1-18(2)8-7-14(13-18)22-11-9-19(10-12-22)17(23)20-15-5-3-4-6-16(15)21-19/h3-6,14,21H,7-13H2,1-2H3,(H,20,23). The number of hydrogen-bond acceptors (Lipinski definition) is 3. The quantitative estimate of drug-likeness (QED) is 0.834. The summed E-state index contributed by atoms with van der Waals surface area (Å²) in [4.78, 5) is 15.3. The van der Waals surface area contributed by atoms with E-state index in [1.54, 1.807) is 0 Å². The monoisotopic (exact) mass is 313 g/mol. The van der Waals surface area contributed by atoms with Gasteiger partial charge in [0.1, 0.15) is 5.54 Å². The Morgan fingerprint density at radius 2 is 1.78 bits per heavy atom. The Balaban J connectivity index is 1.46. The van der Waals surface area contributed by atoms with Crippen LogP contribution in [-0.2, 0) is 4.79 Å². The smallest absolute Gasteiger partial charge is 0.250 e. The van der Waals surface area contributed by atoms with Crippen molar-refractivity contribution in [3.05, 3.63) is 24.3 Å². The predicted octanol–water partition coefficient (Wildman–Crippen LogP) is 3.46. The number of rotatable bonds is 1. The van der Waals surface area contributed by atoms with Gasteiger partial charge in [-0.15, -0.1) is 0 Å². The number of likely N-dealkylation sites (tertiary alicyclic amines) is 1. The van der Waals surface area contributed by atoms with Gasteiger partial charge in [0.2, 0.25) is 5.91 Å². The largest absolute Gasteiger partial charge is 0.369 e. The number of carbonyl (C=O) groups is 1. The second-order valence-electron chi connectivity index (χ2n) is 8.30. The van der Waals surface area contributed by atoms with Crippen LogP contribution in [0.3, 0.4) is 0 Å². The fourth-order valence-corrected chi connectivity index (χ4v) is 4.59. The van der Waals surface area contributed by atoms with Crippen molar-refractivity contribution < 1.29 is 4.79 Å². The van der Waals surface area contributed by atoms with Crippen LogP contribution in [0.2, 0.25) is 0 Å². The van der Waals surface area contributed by atoms with Gasteiger partial charge < -0.3 is 15.5 Å². The van der Waals surface area contributed by atoms with Gasteiger partial charge in [0.25, 0.3) is 0 Å². The van der Waals surface area contributed by atoms with E-state index in [1.807, 2.05) is 18.2 Å². The van der Waals surface area contributed by atoms with Crippen LogP contribution in [0.4, 0.5) is 11.4 Å². The molecule has 3 aliphatic rings. The van der Waals surface area contributed by atoms with Crippen LogP contribution in [0.1, 0.15) is 46.0 Å². The van der Waals surface area contributed by atoms with E-state index in [0.717, 1.165) is 37.3 Å². The molecule has 1 unspecified atom stereocenters. The van der Waals surface area contributed by atoms with Crippen molar-refractivity contribution in [1.82, 2.24) is 4.90 Å². The van der Waals surface area contributed by atoms with Crippen LogP contribution in [0, 0.1) is 5.41 Å². The Labute approximate surface area is 138 Å². The zero-order valence-corrected chi connectivity index (χ0v) is 14.2. The molecule has 1 aromatic rings. The highest BCUT2D eigenvalue weighted by Crippen LogP contribution is 2.42. The summed E-state index contributed by atoms with van der Waals surface area (Å²) in [5.74, 6) is 0.141. The lowest BCUT2D eigenvalue weighted by Crippen LogP contribution is -2.59. The Kier molecular flexibility index (Phi) is 3.41. The minimum atomic E-state index is -0.418. The van der Waals surface area contributed by atoms with E-state index < -0.39 is 5.54 Å². The van der Waals surface area contributed by atoms with Crippen molar-refractivity contribution in [3.63, 3.8) is 0 Å². The van der Waals surface area contributed by atoms with Gasteiger partial charge in [-0.3, -0.25) is 4.79 Å². The molecule has 23 heavy (non-hydrogen) atoms. The molecule has 0 bridgehead atoms. The van der Waals surface area contributed by atoms with Crippen LogP contribution >= 0.6 is 0 Å². The fourth-order valence-electron chi connectivity index (χ4n) is 4.59. The van der Waals surface area contributed by atoms with Crippen molar-refractivity contribution in [2.24, 2.45) is 5.41 Å². The molecule has 4 nitrogen and oxygen atoms in total. The topological polar surface area (TPSA) is 44.4 Å². The maximum Gasteiger partial charge on any atom is 0.250 e. The average molecular weight is 313 g/mol. The Hall–Kier alpha value is -1.55. The maximum absolute atomic E-state index is 12.7. The maximum atomic E-state index is 12.7. The van der Waals surface area contributed by atoms with Gasteiger partial charge in [-0.05, 0) is 49.7 Å². The number of amides is 1. The minimum Gasteiger partial charge on any atom is -0.369 e. The van der Waals surface area contributed by atoms with Gasteiger partial charge in [0.05, 0.1) is 11.4 Å². The van der Waals surface area contributed by atoms with Crippen LogP contribution in [-0.4, -0.2) is 35.5 Å². The van der Waals surface area contributed by atoms with E-state index in [1.165, 1.54) is 19.3 Å². The molecule has 1 atom stereocenters. The van der Waals surface area contributed by atoms with Crippen LogP contribution in [0.25, 0.3) is 0 Å². The number of benzene rings is 1. The van der Waals surface area contributed by atoms with Crippen LogP contribution < -0.4 is 10.6 Å². The van der Waals surface area contributed by atoms with Crippen LogP contribution in [0.15, 0.2) is 24.3 Å². The third-order valence-corrected chi connectivity index (χ3v) is 6.09. The fraction of sp³-hybridized carbons (Fsp3) is 0.632. The first-order valence-corrected chi connectivity index (χ1v) is 8.90. The van der Waals surface area contributed by atoms with E-state index in [4.69, 9.17) is 0 Å². The molecule has 124 valence electrons. The summed E-state index contributed by atoms with van der Waals surface area (Å²) in [6.45, 7) is 6.80. The van der Waals surface area contributed by atoms with E-state index in [9.17, 15) is 4.79 Å². The van der Waals surface area contributed by atoms with E-state index >= 15 is 0 Å². The molecule has 2 aliphatic heterocycles. The Bertz CT molecular complexity index is 617. The van der Waals surface area contributed by atoms with E-state index in [0.29, 0.717) is 11.5 Å². The van der Waals surface area contributed by atoms with E-state index in [2.05, 4.69) is 35.4 Å². The van der Waals surface area contributed by atoms with Crippen molar-refractivity contribution >= 4 is 17.3 Å². The highest BCUT2D eigenvalue weighted by atomic mass is 16.2. The summed E-state index contributed by atoms with van der Waals surface area (Å²) >= 11 is 0. The van der Waals surface area contributed by atoms with E-state index in [-0.39, 0.29) is 5.91 Å². The average Bonchev–Trinajstić information content (AvgIpc) is 2.89. The van der Waals surface area contributed by atoms with Crippen molar-refractivity contribution in [3.8, 4) is 0 Å². The van der Waals surface area contributed by atoms with Gasteiger partial charge in [0.15, 0.2) is 0 Å². The molecule has 0 radical (unpaired) electrons. The number of piperidine rings is 1. The molecular formula is C19H27N3O. The summed E-state index contributed by atoms with van der Waals surface area (Å²) < 4.78 is 0. The van der Waals surface area contributed by atoms with Crippen LogP contribution in [0.5, 0.6) is 0 Å². The molecule has 1 saturated heterocycles. The number of anilines is 2. The molecule has 4 rings (SSSR count). The number of carbonyl (C=O) groups excluding carboxylic acids is 1. The lowest BCUT2D eigenvalue weighted by molar-refractivity contribution is -0.122. The lowest BCUT2D eigenvalue weighted by atomic mass is 9.83. The third kappa shape index (κ3) is 2.63. The first kappa shape index (κ1) is 15.0. The van der Waals surface area contributed by atoms with Gasteiger partial charge in [-0.2, -0.15) is 0 Å². The molecular weight excluding hydrogens is 286 g/mol.